The summed E-state index contributed by atoms with van der Waals surface area (Å²) in [6.07, 6.45) is 4.62. The molecule has 1 unspecified atom stereocenters. The van der Waals surface area contributed by atoms with Gasteiger partial charge in [-0.1, -0.05) is 6.92 Å². The summed E-state index contributed by atoms with van der Waals surface area (Å²) in [4.78, 5) is 26.2. The first-order valence-corrected chi connectivity index (χ1v) is 13.0. The van der Waals surface area contributed by atoms with E-state index >= 15 is 0 Å². The van der Waals surface area contributed by atoms with Crippen LogP contribution in [0, 0.1) is 10.1 Å². The largest absolute Gasteiger partial charge is 0.495 e. The number of benzene rings is 2. The average molecular weight is 491 g/mol. The van der Waals surface area contributed by atoms with Crippen LogP contribution < -0.4 is 19.3 Å². The molecular weight excluding hydrogens is 460 g/mol. The molecule has 0 saturated carbocycles. The second-order valence-corrected chi connectivity index (χ2v) is 10.0. The van der Waals surface area contributed by atoms with Gasteiger partial charge in [0.25, 0.3) is 5.69 Å². The Balaban J connectivity index is 1.89. The number of nitrogens with one attached hydrogen (secondary N) is 1. The fourth-order valence-electron chi connectivity index (χ4n) is 4.13. The van der Waals surface area contributed by atoms with Gasteiger partial charge in [0.1, 0.15) is 17.5 Å². The maximum atomic E-state index is 13.2. The molecule has 1 saturated heterocycles. The van der Waals surface area contributed by atoms with Gasteiger partial charge in [0, 0.05) is 36.6 Å². The summed E-state index contributed by atoms with van der Waals surface area (Å²) in [5, 5.41) is 14.1. The second kappa shape index (κ2) is 10.7. The Labute approximate surface area is 199 Å². The summed E-state index contributed by atoms with van der Waals surface area (Å²) in [6, 6.07) is 9.92. The molecule has 1 fully saturated rings. The number of rotatable bonds is 9. The standard InChI is InChI=1S/C23H30N4O6S/c1-4-20(23(28)24-17-8-10-18(11-9-17)25-14-6-5-7-15-25)26(34(3,31)32)21-16-19(27(29)30)12-13-22(21)33-2/h8-13,16,20H,4-7,14-15H2,1-3H3,(H,24,28). The molecule has 1 N–H and O–H groups in total. The van der Waals surface area contributed by atoms with Gasteiger partial charge in [-0.25, -0.2) is 8.42 Å². The molecule has 2 aromatic carbocycles. The third kappa shape index (κ3) is 5.77. The van der Waals surface area contributed by atoms with Gasteiger partial charge in [-0.05, 0) is 56.0 Å². The summed E-state index contributed by atoms with van der Waals surface area (Å²) < 4.78 is 31.7. The van der Waals surface area contributed by atoms with Crippen molar-refractivity contribution >= 4 is 38.7 Å². The fourth-order valence-corrected chi connectivity index (χ4v) is 5.34. The number of hydrogen-bond donors (Lipinski definition) is 1. The number of nitro groups is 1. The van der Waals surface area contributed by atoms with Crippen LogP contribution in [0.15, 0.2) is 42.5 Å². The zero-order chi connectivity index (χ0) is 24.9. The Morgan fingerprint density at radius 2 is 1.82 bits per heavy atom. The number of sulfonamides is 1. The molecule has 1 atom stereocenters. The van der Waals surface area contributed by atoms with Gasteiger partial charge < -0.3 is 15.0 Å². The first kappa shape index (κ1) is 25.3. The van der Waals surface area contributed by atoms with E-state index in [1.54, 1.807) is 19.1 Å². The van der Waals surface area contributed by atoms with E-state index in [1.807, 2.05) is 12.1 Å². The minimum atomic E-state index is -4.00. The van der Waals surface area contributed by atoms with Gasteiger partial charge in [-0.15, -0.1) is 0 Å². The number of nitro benzene ring substituents is 1. The minimum absolute atomic E-state index is 0.0679. The summed E-state index contributed by atoms with van der Waals surface area (Å²) >= 11 is 0. The van der Waals surface area contributed by atoms with Crippen LogP contribution >= 0.6 is 0 Å². The van der Waals surface area contributed by atoms with Crippen LogP contribution in [0.5, 0.6) is 5.75 Å². The van der Waals surface area contributed by atoms with Crippen LogP contribution in [-0.2, 0) is 14.8 Å². The second-order valence-electron chi connectivity index (χ2n) is 8.18. The Bertz CT molecular complexity index is 1130. The molecular formula is C23H30N4O6S. The molecule has 1 heterocycles. The highest BCUT2D eigenvalue weighted by Gasteiger charge is 2.34. The third-order valence-electron chi connectivity index (χ3n) is 5.80. The Hall–Kier alpha value is -3.34. The van der Waals surface area contributed by atoms with Crippen LogP contribution in [0.2, 0.25) is 0 Å². The molecule has 34 heavy (non-hydrogen) atoms. The van der Waals surface area contributed by atoms with Gasteiger partial charge in [0.2, 0.25) is 15.9 Å². The van der Waals surface area contributed by atoms with Crippen molar-refractivity contribution in [3.63, 3.8) is 0 Å². The highest BCUT2D eigenvalue weighted by atomic mass is 32.2. The number of carbonyl (C=O) groups excluding carboxylic acids is 1. The molecule has 10 nitrogen and oxygen atoms in total. The van der Waals surface area contributed by atoms with Gasteiger partial charge in [-0.2, -0.15) is 0 Å². The average Bonchev–Trinajstić information content (AvgIpc) is 2.82. The van der Waals surface area contributed by atoms with Crippen LogP contribution in [-0.4, -0.2) is 51.7 Å². The lowest BCUT2D eigenvalue weighted by Gasteiger charge is -2.31. The number of nitrogens with zero attached hydrogens (tertiary/aromatic N) is 3. The highest BCUT2D eigenvalue weighted by Crippen LogP contribution is 2.36. The van der Waals surface area contributed by atoms with Gasteiger partial charge in [0.05, 0.1) is 18.3 Å². The summed E-state index contributed by atoms with van der Waals surface area (Å²) in [7, 11) is -2.67. The van der Waals surface area contributed by atoms with E-state index in [0.717, 1.165) is 48.2 Å². The fraction of sp³-hybridized carbons (Fsp3) is 0.435. The van der Waals surface area contributed by atoms with Crippen molar-refractivity contribution in [2.24, 2.45) is 0 Å². The smallest absolute Gasteiger partial charge is 0.271 e. The Kier molecular flexibility index (Phi) is 7.98. The predicted octanol–water partition coefficient (Wildman–Crippen LogP) is 3.78. The summed E-state index contributed by atoms with van der Waals surface area (Å²) in [6.45, 7) is 3.67. The van der Waals surface area contributed by atoms with Crippen molar-refractivity contribution in [3.05, 3.63) is 52.6 Å². The number of amides is 1. The number of methoxy groups -OCH3 is 1. The molecule has 0 aliphatic carbocycles. The first-order valence-electron chi connectivity index (χ1n) is 11.1. The molecule has 2 aromatic rings. The number of ether oxygens (including phenoxy) is 1. The van der Waals surface area contributed by atoms with Crippen LogP contribution in [0.1, 0.15) is 32.6 Å². The first-order chi connectivity index (χ1) is 16.2. The lowest BCUT2D eigenvalue weighted by Crippen LogP contribution is -2.47. The molecule has 0 aromatic heterocycles. The maximum Gasteiger partial charge on any atom is 0.271 e. The SMILES string of the molecule is CCC(C(=O)Nc1ccc(N2CCCCC2)cc1)N(c1cc([N+](=O)[O-])ccc1OC)S(C)(=O)=O. The van der Waals surface area contributed by atoms with E-state index in [1.165, 1.54) is 25.7 Å². The number of anilines is 3. The quantitative estimate of drug-likeness (QED) is 0.419. The Morgan fingerprint density at radius 3 is 2.35 bits per heavy atom. The maximum absolute atomic E-state index is 13.2. The van der Waals surface area contributed by atoms with Crippen molar-refractivity contribution in [2.45, 2.75) is 38.6 Å². The van der Waals surface area contributed by atoms with E-state index in [2.05, 4.69) is 10.2 Å². The van der Waals surface area contributed by atoms with E-state index in [4.69, 9.17) is 4.74 Å². The van der Waals surface area contributed by atoms with Gasteiger partial charge >= 0.3 is 0 Å². The monoisotopic (exact) mass is 490 g/mol. The lowest BCUT2D eigenvalue weighted by atomic mass is 10.1. The molecule has 184 valence electrons. The van der Waals surface area contributed by atoms with Crippen LogP contribution in [0.4, 0.5) is 22.7 Å². The highest BCUT2D eigenvalue weighted by molar-refractivity contribution is 7.92. The van der Waals surface area contributed by atoms with Gasteiger partial charge in [0.15, 0.2) is 0 Å². The summed E-state index contributed by atoms with van der Waals surface area (Å²) in [5.74, 6) is -0.444. The number of hydrogen-bond acceptors (Lipinski definition) is 7. The van der Waals surface area contributed by atoms with Gasteiger partial charge in [-0.3, -0.25) is 19.2 Å². The van der Waals surface area contributed by atoms with E-state index in [9.17, 15) is 23.3 Å². The van der Waals surface area contributed by atoms with Crippen molar-refractivity contribution in [2.75, 3.05) is 41.0 Å². The van der Waals surface area contributed by atoms with E-state index in [-0.39, 0.29) is 23.5 Å². The van der Waals surface area contributed by atoms with Crippen molar-refractivity contribution in [1.29, 1.82) is 0 Å². The van der Waals surface area contributed by atoms with Crippen molar-refractivity contribution in [1.82, 2.24) is 0 Å². The van der Waals surface area contributed by atoms with Crippen LogP contribution in [0.25, 0.3) is 0 Å². The molecule has 1 aliphatic rings. The molecule has 0 radical (unpaired) electrons. The molecule has 1 aliphatic heterocycles. The molecule has 0 bridgehead atoms. The molecule has 3 rings (SSSR count). The zero-order valence-electron chi connectivity index (χ0n) is 19.6. The van der Waals surface area contributed by atoms with Crippen LogP contribution in [0.3, 0.4) is 0 Å². The third-order valence-corrected chi connectivity index (χ3v) is 6.96. The minimum Gasteiger partial charge on any atom is -0.495 e. The normalized spacial score (nSPS) is 14.9. The lowest BCUT2D eigenvalue weighted by molar-refractivity contribution is -0.384. The van der Waals surface area contributed by atoms with Crippen molar-refractivity contribution < 1.29 is 22.9 Å². The number of non-ortho nitro benzene ring substituents is 1. The molecule has 1 amide bonds. The molecule has 11 heteroatoms. The number of carbonyl (C=O) groups is 1. The predicted molar refractivity (Wildman–Crippen MR) is 132 cm³/mol. The topological polar surface area (TPSA) is 122 Å². The van der Waals surface area contributed by atoms with E-state index < -0.39 is 26.9 Å². The zero-order valence-corrected chi connectivity index (χ0v) is 20.4. The summed E-state index contributed by atoms with van der Waals surface area (Å²) in [5.41, 5.74) is 1.22. The molecule has 0 spiro atoms. The Morgan fingerprint density at radius 1 is 1.18 bits per heavy atom. The van der Waals surface area contributed by atoms with E-state index in [0.29, 0.717) is 5.69 Å². The van der Waals surface area contributed by atoms with Crippen molar-refractivity contribution in [3.8, 4) is 5.75 Å². The number of piperidine rings is 1.